The maximum atomic E-state index is 6.24. The van der Waals surface area contributed by atoms with Gasteiger partial charge in [-0.3, -0.25) is 0 Å². The number of rotatable bonds is 1. The lowest BCUT2D eigenvalue weighted by Crippen LogP contribution is -1.99. The molecule has 0 unspecified atom stereocenters. The molecule has 1 aromatic rings. The molecule has 0 saturated heterocycles. The molecule has 2 N–H and O–H groups in total. The maximum Gasteiger partial charge on any atom is 0.0423 e. The van der Waals surface area contributed by atoms with Gasteiger partial charge in [-0.05, 0) is 63.8 Å². The summed E-state index contributed by atoms with van der Waals surface area (Å²) in [7, 11) is 0. The first-order valence-electron chi connectivity index (χ1n) is 6.15. The molecule has 1 aliphatic carbocycles. The van der Waals surface area contributed by atoms with Crippen LogP contribution < -0.4 is 5.73 Å². The molecule has 0 aliphatic heterocycles. The highest BCUT2D eigenvalue weighted by Crippen LogP contribution is 2.41. The second-order valence-electron chi connectivity index (χ2n) is 5.28. The highest BCUT2D eigenvalue weighted by Gasteiger charge is 2.19. The fourth-order valence-electron chi connectivity index (χ4n) is 2.77. The molecule has 17 heavy (non-hydrogen) atoms. The minimum atomic E-state index is 0.930. The molecule has 0 aromatic heterocycles. The Labute approximate surface area is 104 Å². The highest BCUT2D eigenvalue weighted by molar-refractivity contribution is 5.90. The summed E-state index contributed by atoms with van der Waals surface area (Å²) in [6, 6.07) is 4.36. The Morgan fingerprint density at radius 3 is 2.12 bits per heavy atom. The van der Waals surface area contributed by atoms with Crippen molar-refractivity contribution in [1.29, 1.82) is 0 Å². The molecule has 0 spiro atoms. The second kappa shape index (κ2) is 4.06. The van der Waals surface area contributed by atoms with Crippen LogP contribution >= 0.6 is 0 Å². The zero-order chi connectivity index (χ0) is 12.7. The van der Waals surface area contributed by atoms with Crippen molar-refractivity contribution in [2.45, 2.75) is 41.0 Å². The van der Waals surface area contributed by atoms with Crippen LogP contribution in [-0.2, 0) is 0 Å². The number of aryl methyl sites for hydroxylation is 2. The van der Waals surface area contributed by atoms with Crippen LogP contribution in [0.4, 0.5) is 5.69 Å². The lowest BCUT2D eigenvalue weighted by Gasteiger charge is -2.14. The van der Waals surface area contributed by atoms with Gasteiger partial charge in [0.25, 0.3) is 0 Å². The van der Waals surface area contributed by atoms with Gasteiger partial charge in [0.2, 0.25) is 0 Å². The van der Waals surface area contributed by atoms with Crippen LogP contribution in [0.3, 0.4) is 0 Å². The molecule has 0 heterocycles. The van der Waals surface area contributed by atoms with Crippen LogP contribution in [-0.4, -0.2) is 0 Å². The molecule has 1 aliphatic rings. The number of nitrogen functional groups attached to an aromatic ring is 1. The van der Waals surface area contributed by atoms with Crippen LogP contribution in [0.2, 0.25) is 0 Å². The van der Waals surface area contributed by atoms with Gasteiger partial charge in [0.05, 0.1) is 0 Å². The van der Waals surface area contributed by atoms with Gasteiger partial charge < -0.3 is 5.73 Å². The van der Waals surface area contributed by atoms with Gasteiger partial charge in [-0.2, -0.15) is 0 Å². The van der Waals surface area contributed by atoms with Gasteiger partial charge in [-0.1, -0.05) is 22.8 Å². The Hall–Kier alpha value is -1.50. The Bertz CT molecular complexity index is 545. The fourth-order valence-corrected chi connectivity index (χ4v) is 2.77. The molecule has 0 saturated carbocycles. The normalized spacial score (nSPS) is 16.1. The van der Waals surface area contributed by atoms with Crippen LogP contribution in [0.5, 0.6) is 0 Å². The van der Waals surface area contributed by atoms with E-state index in [2.05, 4.69) is 46.8 Å². The first kappa shape index (κ1) is 12.0. The van der Waals surface area contributed by atoms with E-state index in [1.807, 2.05) is 0 Å². The third-order valence-corrected chi connectivity index (χ3v) is 3.77. The molecular formula is C16H21N. The van der Waals surface area contributed by atoms with Crippen molar-refractivity contribution >= 4 is 11.3 Å². The molecule has 1 heteroatoms. The average Bonchev–Trinajstić information content (AvgIpc) is 2.48. The van der Waals surface area contributed by atoms with E-state index in [9.17, 15) is 0 Å². The monoisotopic (exact) mass is 227 g/mol. The first-order valence-corrected chi connectivity index (χ1v) is 6.15. The average molecular weight is 227 g/mol. The van der Waals surface area contributed by atoms with Crippen LogP contribution in [0, 0.1) is 13.8 Å². The first-order chi connectivity index (χ1) is 7.91. The van der Waals surface area contributed by atoms with Crippen molar-refractivity contribution < 1.29 is 0 Å². The zero-order valence-electron chi connectivity index (χ0n) is 11.4. The SMILES string of the molecule is CC1=C(C)C(c2cc(C)cc(C)c2N)=C(C)C1. The lowest BCUT2D eigenvalue weighted by atomic mass is 9.93. The summed E-state index contributed by atoms with van der Waals surface area (Å²) in [5.41, 5.74) is 16.5. The smallest absolute Gasteiger partial charge is 0.0423 e. The Morgan fingerprint density at radius 2 is 1.59 bits per heavy atom. The highest BCUT2D eigenvalue weighted by atomic mass is 14.6. The predicted octanol–water partition coefficient (Wildman–Crippen LogP) is 4.40. The molecule has 90 valence electrons. The minimum absolute atomic E-state index is 0.930. The molecule has 0 radical (unpaired) electrons. The van der Waals surface area contributed by atoms with E-state index in [-0.39, 0.29) is 0 Å². The van der Waals surface area contributed by atoms with E-state index < -0.39 is 0 Å². The lowest BCUT2D eigenvalue weighted by molar-refractivity contribution is 1.14. The second-order valence-corrected chi connectivity index (χ2v) is 5.28. The molecule has 0 amide bonds. The van der Waals surface area contributed by atoms with E-state index in [1.54, 1.807) is 0 Å². The Morgan fingerprint density at radius 1 is 0.941 bits per heavy atom. The summed E-state index contributed by atoms with van der Waals surface area (Å²) in [4.78, 5) is 0. The minimum Gasteiger partial charge on any atom is -0.398 e. The topological polar surface area (TPSA) is 26.0 Å². The molecule has 0 atom stereocenters. The number of hydrogen-bond acceptors (Lipinski definition) is 1. The molecule has 1 aromatic carbocycles. The van der Waals surface area contributed by atoms with Gasteiger partial charge in [0, 0.05) is 11.3 Å². The number of hydrogen-bond donors (Lipinski definition) is 1. The van der Waals surface area contributed by atoms with Crippen molar-refractivity contribution in [2.24, 2.45) is 0 Å². The van der Waals surface area contributed by atoms with Crippen LogP contribution in [0.15, 0.2) is 28.9 Å². The summed E-state index contributed by atoms with van der Waals surface area (Å²) in [5.74, 6) is 0. The van der Waals surface area contributed by atoms with Gasteiger partial charge in [-0.15, -0.1) is 0 Å². The number of allylic oxidation sites excluding steroid dienone is 4. The zero-order valence-corrected chi connectivity index (χ0v) is 11.4. The molecule has 0 bridgehead atoms. The van der Waals surface area contributed by atoms with Gasteiger partial charge in [0.1, 0.15) is 0 Å². The summed E-state index contributed by atoms with van der Waals surface area (Å²) in [6.07, 6.45) is 1.09. The Balaban J connectivity index is 2.67. The summed E-state index contributed by atoms with van der Waals surface area (Å²) in [5, 5.41) is 0. The van der Waals surface area contributed by atoms with E-state index in [0.29, 0.717) is 0 Å². The van der Waals surface area contributed by atoms with E-state index in [1.165, 1.54) is 39.0 Å². The van der Waals surface area contributed by atoms with E-state index >= 15 is 0 Å². The molecule has 2 rings (SSSR count). The summed E-state index contributed by atoms with van der Waals surface area (Å²) in [6.45, 7) is 10.9. The largest absolute Gasteiger partial charge is 0.398 e. The summed E-state index contributed by atoms with van der Waals surface area (Å²) >= 11 is 0. The van der Waals surface area contributed by atoms with Crippen molar-refractivity contribution in [2.75, 3.05) is 5.73 Å². The van der Waals surface area contributed by atoms with Crippen molar-refractivity contribution in [3.05, 3.63) is 45.5 Å². The van der Waals surface area contributed by atoms with Crippen molar-refractivity contribution in [3.8, 4) is 0 Å². The Kier molecular flexibility index (Phi) is 2.86. The number of nitrogens with two attached hydrogens (primary N) is 1. The standard InChI is InChI=1S/C16H21N/c1-9-6-12(4)16(17)14(7-9)15-11(3)8-10(2)13(15)5/h6-7H,8,17H2,1-5H3. The fraction of sp³-hybridized carbons (Fsp3) is 0.375. The number of anilines is 1. The summed E-state index contributed by atoms with van der Waals surface area (Å²) < 4.78 is 0. The number of benzene rings is 1. The van der Waals surface area contributed by atoms with Gasteiger partial charge in [0.15, 0.2) is 0 Å². The van der Waals surface area contributed by atoms with E-state index in [0.717, 1.165) is 12.1 Å². The van der Waals surface area contributed by atoms with Gasteiger partial charge in [-0.25, -0.2) is 0 Å². The van der Waals surface area contributed by atoms with Crippen molar-refractivity contribution in [3.63, 3.8) is 0 Å². The molecule has 1 nitrogen and oxygen atoms in total. The quantitative estimate of drug-likeness (QED) is 0.707. The van der Waals surface area contributed by atoms with Crippen LogP contribution in [0.25, 0.3) is 5.57 Å². The third-order valence-electron chi connectivity index (χ3n) is 3.77. The predicted molar refractivity (Wildman–Crippen MR) is 75.9 cm³/mol. The third kappa shape index (κ3) is 1.90. The van der Waals surface area contributed by atoms with E-state index in [4.69, 9.17) is 5.73 Å². The van der Waals surface area contributed by atoms with Crippen LogP contribution in [0.1, 0.15) is 43.9 Å². The van der Waals surface area contributed by atoms with Crippen molar-refractivity contribution in [1.82, 2.24) is 0 Å². The molecular weight excluding hydrogens is 206 g/mol. The molecule has 0 fully saturated rings. The maximum absolute atomic E-state index is 6.24. The van der Waals surface area contributed by atoms with Gasteiger partial charge >= 0.3 is 0 Å².